The molecule has 1 amide bonds. The fourth-order valence-corrected chi connectivity index (χ4v) is 3.78. The van der Waals surface area contributed by atoms with Gasteiger partial charge in [0.25, 0.3) is 0 Å². The first-order valence-electron chi connectivity index (χ1n) is 8.95. The lowest BCUT2D eigenvalue weighted by atomic mass is 9.83. The number of nitrogens with zero attached hydrogens (tertiary/aromatic N) is 1. The number of rotatable bonds is 2. The van der Waals surface area contributed by atoms with Crippen LogP contribution in [0.2, 0.25) is 0 Å². The van der Waals surface area contributed by atoms with E-state index < -0.39 is 17.2 Å². The van der Waals surface area contributed by atoms with Crippen LogP contribution in [0.4, 0.5) is 13.6 Å². The van der Waals surface area contributed by atoms with Crippen molar-refractivity contribution in [2.45, 2.75) is 64.1 Å². The number of hydrogen-bond donors (Lipinski definition) is 0. The molecule has 26 heavy (non-hydrogen) atoms. The summed E-state index contributed by atoms with van der Waals surface area (Å²) in [5, 5.41) is 0. The molecule has 2 aliphatic heterocycles. The van der Waals surface area contributed by atoms with Crippen LogP contribution in [0, 0.1) is 11.6 Å². The minimum Gasteiger partial charge on any atom is -0.496 e. The number of halogens is 2. The standard InChI is InChI=1S/C20H25F2NO3/c1-20(2,3)26-19(24)23-13-6-5-7-14(23)9-12(8-13)15-10-16(21)17(22)11-18(15)25-4/h8,10-11,13-14H,5-7,9H2,1-4H3. The summed E-state index contributed by atoms with van der Waals surface area (Å²) >= 11 is 0. The SMILES string of the molecule is COc1cc(F)c(F)cc1C1=CC2CCCC(C1)N2C(=O)OC(C)(C)C. The average Bonchev–Trinajstić information content (AvgIpc) is 2.54. The summed E-state index contributed by atoms with van der Waals surface area (Å²) in [5.74, 6) is -1.53. The monoisotopic (exact) mass is 365 g/mol. The maximum Gasteiger partial charge on any atom is 0.411 e. The Kier molecular flexibility index (Phi) is 4.95. The second-order valence-corrected chi connectivity index (χ2v) is 7.90. The maximum atomic E-state index is 13.8. The van der Waals surface area contributed by atoms with Gasteiger partial charge in [-0.15, -0.1) is 0 Å². The van der Waals surface area contributed by atoms with Crippen molar-refractivity contribution in [3.8, 4) is 5.75 Å². The van der Waals surface area contributed by atoms with E-state index in [0.717, 1.165) is 30.9 Å². The molecule has 0 saturated carbocycles. The van der Waals surface area contributed by atoms with Crippen LogP contribution in [-0.4, -0.2) is 35.8 Å². The molecular formula is C20H25F2NO3. The molecule has 1 aromatic carbocycles. The van der Waals surface area contributed by atoms with Crippen molar-refractivity contribution in [1.29, 1.82) is 0 Å². The van der Waals surface area contributed by atoms with E-state index in [1.807, 2.05) is 26.8 Å². The van der Waals surface area contributed by atoms with Crippen LogP contribution in [0.25, 0.3) is 5.57 Å². The molecule has 0 aliphatic carbocycles. The molecule has 0 aromatic heterocycles. The highest BCUT2D eigenvalue weighted by atomic mass is 19.2. The number of amides is 1. The van der Waals surface area contributed by atoms with Crippen LogP contribution < -0.4 is 4.74 Å². The first kappa shape index (κ1) is 18.7. The van der Waals surface area contributed by atoms with Gasteiger partial charge in [0.05, 0.1) is 13.2 Å². The number of piperidine rings is 1. The van der Waals surface area contributed by atoms with Gasteiger partial charge in [0.15, 0.2) is 11.6 Å². The molecule has 4 nitrogen and oxygen atoms in total. The Hall–Kier alpha value is -2.11. The Bertz CT molecular complexity index is 739. The van der Waals surface area contributed by atoms with Gasteiger partial charge in [0.2, 0.25) is 0 Å². The Labute approximate surface area is 152 Å². The van der Waals surface area contributed by atoms with Crippen molar-refractivity contribution in [1.82, 2.24) is 4.90 Å². The van der Waals surface area contributed by atoms with E-state index >= 15 is 0 Å². The molecule has 0 N–H and O–H groups in total. The molecule has 2 bridgehead atoms. The van der Waals surface area contributed by atoms with E-state index in [1.54, 1.807) is 4.90 Å². The highest BCUT2D eigenvalue weighted by molar-refractivity contribution is 5.76. The number of benzene rings is 1. The normalized spacial score (nSPS) is 22.7. The maximum absolute atomic E-state index is 13.8. The van der Waals surface area contributed by atoms with Crippen molar-refractivity contribution in [3.05, 3.63) is 35.4 Å². The van der Waals surface area contributed by atoms with E-state index in [4.69, 9.17) is 9.47 Å². The molecule has 1 fully saturated rings. The van der Waals surface area contributed by atoms with Gasteiger partial charge in [-0.2, -0.15) is 0 Å². The predicted octanol–water partition coefficient (Wildman–Crippen LogP) is 4.92. The van der Waals surface area contributed by atoms with Crippen molar-refractivity contribution >= 4 is 11.7 Å². The second kappa shape index (κ2) is 6.89. The summed E-state index contributed by atoms with van der Waals surface area (Å²) < 4.78 is 38.1. The second-order valence-electron chi connectivity index (χ2n) is 7.90. The molecule has 142 valence electrons. The first-order valence-corrected chi connectivity index (χ1v) is 8.95. The summed E-state index contributed by atoms with van der Waals surface area (Å²) in [7, 11) is 1.44. The Morgan fingerprint density at radius 2 is 1.88 bits per heavy atom. The average molecular weight is 365 g/mol. The predicted molar refractivity (Wildman–Crippen MR) is 95.0 cm³/mol. The first-order chi connectivity index (χ1) is 12.2. The molecule has 0 radical (unpaired) electrons. The highest BCUT2D eigenvalue weighted by Crippen LogP contribution is 2.40. The Balaban J connectivity index is 1.94. The van der Waals surface area contributed by atoms with Crippen LogP contribution in [0.15, 0.2) is 18.2 Å². The lowest BCUT2D eigenvalue weighted by Crippen LogP contribution is -2.53. The van der Waals surface area contributed by atoms with Gasteiger partial charge in [-0.1, -0.05) is 6.08 Å². The number of ether oxygens (including phenoxy) is 2. The van der Waals surface area contributed by atoms with Gasteiger partial charge in [-0.3, -0.25) is 4.90 Å². The molecule has 2 unspecified atom stereocenters. The van der Waals surface area contributed by atoms with E-state index in [2.05, 4.69) is 0 Å². The zero-order valence-electron chi connectivity index (χ0n) is 15.6. The molecule has 1 aromatic rings. The molecule has 2 atom stereocenters. The number of fused-ring (bicyclic) bond motifs is 2. The Morgan fingerprint density at radius 3 is 2.50 bits per heavy atom. The van der Waals surface area contributed by atoms with Crippen LogP contribution in [0.3, 0.4) is 0 Å². The van der Waals surface area contributed by atoms with Gasteiger partial charge < -0.3 is 9.47 Å². The van der Waals surface area contributed by atoms with E-state index in [-0.39, 0.29) is 18.2 Å². The minimum atomic E-state index is -0.933. The van der Waals surface area contributed by atoms with Gasteiger partial charge in [-0.05, 0) is 58.1 Å². The molecule has 2 heterocycles. The summed E-state index contributed by atoms with van der Waals surface area (Å²) in [6.07, 6.45) is 4.92. The van der Waals surface area contributed by atoms with Crippen molar-refractivity contribution < 1.29 is 23.0 Å². The highest BCUT2D eigenvalue weighted by Gasteiger charge is 2.39. The van der Waals surface area contributed by atoms with E-state index in [1.165, 1.54) is 13.2 Å². The summed E-state index contributed by atoms with van der Waals surface area (Å²) in [4.78, 5) is 14.4. The molecular weight excluding hydrogens is 340 g/mol. The fourth-order valence-electron chi connectivity index (χ4n) is 3.78. The fraction of sp³-hybridized carbons (Fsp3) is 0.550. The summed E-state index contributed by atoms with van der Waals surface area (Å²) in [5.41, 5.74) is 0.876. The van der Waals surface area contributed by atoms with Crippen LogP contribution in [-0.2, 0) is 4.74 Å². The van der Waals surface area contributed by atoms with Gasteiger partial charge in [0.1, 0.15) is 11.4 Å². The third-order valence-electron chi connectivity index (χ3n) is 4.83. The number of carbonyl (C=O) groups is 1. The van der Waals surface area contributed by atoms with Crippen molar-refractivity contribution in [2.24, 2.45) is 0 Å². The number of hydrogen-bond acceptors (Lipinski definition) is 3. The quantitative estimate of drug-likeness (QED) is 0.747. The largest absolute Gasteiger partial charge is 0.496 e. The van der Waals surface area contributed by atoms with Crippen molar-refractivity contribution in [3.63, 3.8) is 0 Å². The lowest BCUT2D eigenvalue weighted by Gasteiger charge is -2.45. The van der Waals surface area contributed by atoms with Crippen LogP contribution in [0.5, 0.6) is 5.75 Å². The summed E-state index contributed by atoms with van der Waals surface area (Å²) in [6, 6.07) is 2.13. The van der Waals surface area contributed by atoms with Crippen molar-refractivity contribution in [2.75, 3.05) is 7.11 Å². The zero-order valence-corrected chi connectivity index (χ0v) is 15.6. The van der Waals surface area contributed by atoms with Gasteiger partial charge >= 0.3 is 6.09 Å². The molecule has 0 spiro atoms. The lowest BCUT2D eigenvalue weighted by molar-refractivity contribution is 0.0000786. The smallest absolute Gasteiger partial charge is 0.411 e. The third kappa shape index (κ3) is 3.69. The third-order valence-corrected chi connectivity index (χ3v) is 4.83. The van der Waals surface area contributed by atoms with E-state index in [9.17, 15) is 13.6 Å². The summed E-state index contributed by atoms with van der Waals surface area (Å²) in [6.45, 7) is 5.54. The van der Waals surface area contributed by atoms with E-state index in [0.29, 0.717) is 17.7 Å². The molecule has 6 heteroatoms. The number of methoxy groups -OCH3 is 1. The molecule has 2 aliphatic rings. The topological polar surface area (TPSA) is 38.8 Å². The number of carbonyl (C=O) groups excluding carboxylic acids is 1. The van der Waals surface area contributed by atoms with Crippen LogP contribution >= 0.6 is 0 Å². The van der Waals surface area contributed by atoms with Gasteiger partial charge in [0, 0.05) is 17.7 Å². The minimum absolute atomic E-state index is 0.0126. The zero-order chi connectivity index (χ0) is 19.1. The van der Waals surface area contributed by atoms with Gasteiger partial charge in [-0.25, -0.2) is 13.6 Å². The Morgan fingerprint density at radius 1 is 1.19 bits per heavy atom. The molecule has 1 saturated heterocycles. The van der Waals surface area contributed by atoms with Crippen LogP contribution in [0.1, 0.15) is 52.0 Å². The molecule has 3 rings (SSSR count).